The lowest BCUT2D eigenvalue weighted by Crippen LogP contribution is -2.46. The monoisotopic (exact) mass is 397 g/mol. The minimum atomic E-state index is -0.119. The number of ether oxygens (including phenoxy) is 1. The molecule has 0 spiro atoms. The predicted octanol–water partition coefficient (Wildman–Crippen LogP) is 2.20. The summed E-state index contributed by atoms with van der Waals surface area (Å²) in [5.74, 6) is 0.831. The van der Waals surface area contributed by atoms with Crippen LogP contribution in [0.5, 0.6) is 5.75 Å². The number of hydrogen-bond donors (Lipinski definition) is 2. The molecule has 2 rings (SSSR count). The molecule has 1 unspecified atom stereocenters. The summed E-state index contributed by atoms with van der Waals surface area (Å²) in [4.78, 5) is 26.3. The Balaban J connectivity index is 0.00000364. The van der Waals surface area contributed by atoms with Crippen molar-refractivity contribution in [1.82, 2.24) is 10.2 Å². The molecule has 0 radical (unpaired) electrons. The Morgan fingerprint density at radius 1 is 1.30 bits per heavy atom. The number of benzene rings is 1. The first-order valence-corrected chi connectivity index (χ1v) is 9.47. The molecule has 0 bridgehead atoms. The van der Waals surface area contributed by atoms with E-state index in [4.69, 9.17) is 10.5 Å². The second-order valence-electron chi connectivity index (χ2n) is 6.96. The zero-order chi connectivity index (χ0) is 18.9. The van der Waals surface area contributed by atoms with Gasteiger partial charge in [-0.2, -0.15) is 0 Å². The third-order valence-corrected chi connectivity index (χ3v) is 4.87. The second-order valence-corrected chi connectivity index (χ2v) is 6.96. The molecular weight excluding hydrogens is 366 g/mol. The molecule has 3 N–H and O–H groups in total. The van der Waals surface area contributed by atoms with E-state index in [0.717, 1.165) is 25.1 Å². The maximum atomic E-state index is 12.4. The van der Waals surface area contributed by atoms with E-state index >= 15 is 0 Å². The highest BCUT2D eigenvalue weighted by Gasteiger charge is 2.27. The molecule has 1 heterocycles. The van der Waals surface area contributed by atoms with Crippen molar-refractivity contribution in [2.45, 2.75) is 39.5 Å². The van der Waals surface area contributed by atoms with Gasteiger partial charge >= 0.3 is 0 Å². The molecule has 27 heavy (non-hydrogen) atoms. The molecule has 1 fully saturated rings. The molecule has 0 aromatic heterocycles. The standard InChI is InChI=1S/C20H31N3O3.ClH/c1-15-7-8-18(13-16(15)2)26-12-4-6-19(24)23-11-3-5-17(14-23)20(25)22-10-9-21;/h7-8,13,17H,3-6,9-12,14,21H2,1-2H3,(H,22,25);1H. The van der Waals surface area contributed by atoms with E-state index in [1.165, 1.54) is 11.1 Å². The summed E-state index contributed by atoms with van der Waals surface area (Å²) in [5.41, 5.74) is 7.85. The van der Waals surface area contributed by atoms with Crippen LogP contribution in [0.2, 0.25) is 0 Å². The molecule has 0 saturated carbocycles. The zero-order valence-corrected chi connectivity index (χ0v) is 17.1. The SMILES string of the molecule is Cc1ccc(OCCCC(=O)N2CCCC(C(=O)NCCN)C2)cc1C.Cl. The number of likely N-dealkylation sites (tertiary alicyclic amines) is 1. The molecule has 1 aromatic rings. The van der Waals surface area contributed by atoms with Crippen LogP contribution in [-0.2, 0) is 9.59 Å². The van der Waals surface area contributed by atoms with E-state index in [2.05, 4.69) is 19.2 Å². The van der Waals surface area contributed by atoms with Crippen molar-refractivity contribution in [1.29, 1.82) is 0 Å². The number of rotatable bonds is 8. The molecule has 152 valence electrons. The maximum Gasteiger partial charge on any atom is 0.224 e. The van der Waals surface area contributed by atoms with E-state index in [0.29, 0.717) is 39.1 Å². The number of amides is 2. The fourth-order valence-corrected chi connectivity index (χ4v) is 3.13. The summed E-state index contributed by atoms with van der Waals surface area (Å²) in [7, 11) is 0. The largest absolute Gasteiger partial charge is 0.494 e. The zero-order valence-electron chi connectivity index (χ0n) is 16.3. The van der Waals surface area contributed by atoms with Gasteiger partial charge in [-0.15, -0.1) is 12.4 Å². The molecule has 1 atom stereocenters. The van der Waals surface area contributed by atoms with Gasteiger partial charge < -0.3 is 20.7 Å². The van der Waals surface area contributed by atoms with Gasteiger partial charge in [0.05, 0.1) is 12.5 Å². The van der Waals surface area contributed by atoms with Crippen LogP contribution in [-0.4, -0.2) is 49.5 Å². The minimum Gasteiger partial charge on any atom is -0.494 e. The van der Waals surface area contributed by atoms with Gasteiger partial charge in [0, 0.05) is 32.6 Å². The smallest absolute Gasteiger partial charge is 0.224 e. The van der Waals surface area contributed by atoms with Crippen molar-refractivity contribution in [2.24, 2.45) is 11.7 Å². The number of halogens is 1. The first-order chi connectivity index (χ1) is 12.5. The van der Waals surface area contributed by atoms with Gasteiger partial charge in [0.15, 0.2) is 0 Å². The summed E-state index contributed by atoms with van der Waals surface area (Å²) in [6.45, 7) is 6.80. The average molecular weight is 398 g/mol. The van der Waals surface area contributed by atoms with Crippen LogP contribution in [0.1, 0.15) is 36.8 Å². The van der Waals surface area contributed by atoms with E-state index in [1.54, 1.807) is 0 Å². The summed E-state index contributed by atoms with van der Waals surface area (Å²) < 4.78 is 5.74. The molecule has 0 aliphatic carbocycles. The number of aryl methyl sites for hydroxylation is 2. The number of carbonyl (C=O) groups is 2. The predicted molar refractivity (Wildman–Crippen MR) is 109 cm³/mol. The van der Waals surface area contributed by atoms with Gasteiger partial charge in [-0.25, -0.2) is 0 Å². The first-order valence-electron chi connectivity index (χ1n) is 9.47. The summed E-state index contributed by atoms with van der Waals surface area (Å²) >= 11 is 0. The number of carbonyl (C=O) groups excluding carboxylic acids is 2. The number of hydrogen-bond acceptors (Lipinski definition) is 4. The van der Waals surface area contributed by atoms with E-state index in [9.17, 15) is 9.59 Å². The third-order valence-electron chi connectivity index (χ3n) is 4.87. The Bertz CT molecular complexity index is 624. The minimum absolute atomic E-state index is 0. The lowest BCUT2D eigenvalue weighted by molar-refractivity contribution is -0.135. The first kappa shape index (κ1) is 23.2. The number of nitrogens with two attached hydrogens (primary N) is 1. The molecule has 1 aliphatic rings. The highest BCUT2D eigenvalue weighted by Crippen LogP contribution is 2.19. The summed E-state index contributed by atoms with van der Waals surface area (Å²) in [6.07, 6.45) is 2.82. The fraction of sp³-hybridized carbons (Fsp3) is 0.600. The molecule has 7 heteroatoms. The highest BCUT2D eigenvalue weighted by atomic mass is 35.5. The molecule has 6 nitrogen and oxygen atoms in total. The van der Waals surface area contributed by atoms with E-state index in [-0.39, 0.29) is 30.1 Å². The van der Waals surface area contributed by atoms with E-state index in [1.807, 2.05) is 23.1 Å². The van der Waals surface area contributed by atoms with Gasteiger partial charge in [0.1, 0.15) is 5.75 Å². The third kappa shape index (κ3) is 7.39. The van der Waals surface area contributed by atoms with Gasteiger partial charge in [0.2, 0.25) is 11.8 Å². The molecule has 1 aliphatic heterocycles. The fourth-order valence-electron chi connectivity index (χ4n) is 3.13. The molecule has 1 aromatic carbocycles. The van der Waals surface area contributed by atoms with Crippen LogP contribution in [0.3, 0.4) is 0 Å². The summed E-state index contributed by atoms with van der Waals surface area (Å²) in [5, 5.41) is 2.82. The normalized spacial score (nSPS) is 16.4. The van der Waals surface area contributed by atoms with Crippen molar-refractivity contribution in [3.63, 3.8) is 0 Å². The second kappa shape index (κ2) is 11.8. The van der Waals surface area contributed by atoms with Crippen LogP contribution in [0.25, 0.3) is 0 Å². The van der Waals surface area contributed by atoms with Crippen molar-refractivity contribution < 1.29 is 14.3 Å². The Morgan fingerprint density at radius 3 is 2.78 bits per heavy atom. The highest BCUT2D eigenvalue weighted by molar-refractivity contribution is 5.85. The van der Waals surface area contributed by atoms with Crippen molar-refractivity contribution in [2.75, 3.05) is 32.8 Å². The van der Waals surface area contributed by atoms with Gasteiger partial charge in [-0.3, -0.25) is 9.59 Å². The van der Waals surface area contributed by atoms with Crippen molar-refractivity contribution >= 4 is 24.2 Å². The van der Waals surface area contributed by atoms with Crippen LogP contribution < -0.4 is 15.8 Å². The average Bonchev–Trinajstić information content (AvgIpc) is 2.66. The molecular formula is C20H32ClN3O3. The van der Waals surface area contributed by atoms with Crippen LogP contribution in [0.15, 0.2) is 18.2 Å². The Morgan fingerprint density at radius 2 is 2.07 bits per heavy atom. The Hall–Kier alpha value is -1.79. The quantitative estimate of drug-likeness (QED) is 0.658. The van der Waals surface area contributed by atoms with Gasteiger partial charge in [-0.05, 0) is 56.4 Å². The van der Waals surface area contributed by atoms with Crippen molar-refractivity contribution in [3.8, 4) is 5.75 Å². The number of piperidine rings is 1. The number of nitrogens with zero attached hydrogens (tertiary/aromatic N) is 1. The van der Waals surface area contributed by atoms with Crippen molar-refractivity contribution in [3.05, 3.63) is 29.3 Å². The van der Waals surface area contributed by atoms with Gasteiger partial charge in [0.25, 0.3) is 0 Å². The topological polar surface area (TPSA) is 84.7 Å². The molecule has 2 amide bonds. The van der Waals surface area contributed by atoms with Gasteiger partial charge in [-0.1, -0.05) is 6.07 Å². The lowest BCUT2D eigenvalue weighted by atomic mass is 9.96. The molecule has 1 saturated heterocycles. The lowest BCUT2D eigenvalue weighted by Gasteiger charge is -2.32. The Kier molecular flexibility index (Phi) is 10.2. The maximum absolute atomic E-state index is 12.4. The number of nitrogens with one attached hydrogen (secondary N) is 1. The summed E-state index contributed by atoms with van der Waals surface area (Å²) in [6, 6.07) is 6.02. The Labute approximate surface area is 168 Å². The van der Waals surface area contributed by atoms with E-state index < -0.39 is 0 Å². The van der Waals surface area contributed by atoms with Crippen LogP contribution >= 0.6 is 12.4 Å². The van der Waals surface area contributed by atoms with Crippen LogP contribution in [0.4, 0.5) is 0 Å². The van der Waals surface area contributed by atoms with Crippen LogP contribution in [0, 0.1) is 19.8 Å².